The van der Waals surface area contributed by atoms with Crippen LogP contribution in [0.3, 0.4) is 0 Å². The molecule has 0 saturated carbocycles. The van der Waals surface area contributed by atoms with E-state index < -0.39 is 17.5 Å². The van der Waals surface area contributed by atoms with Gasteiger partial charge in [0.15, 0.2) is 0 Å². The highest BCUT2D eigenvalue weighted by Gasteiger charge is 2.41. The van der Waals surface area contributed by atoms with E-state index in [0.717, 1.165) is 0 Å². The van der Waals surface area contributed by atoms with E-state index in [1.165, 1.54) is 0 Å². The first-order chi connectivity index (χ1) is 10.1. The number of hydrogen-bond acceptors (Lipinski definition) is 4. The molecule has 0 aromatic heterocycles. The Morgan fingerprint density at radius 3 is 2.38 bits per heavy atom. The third kappa shape index (κ3) is 3.63. The van der Waals surface area contributed by atoms with Crippen LogP contribution in [-0.2, 0) is 9.53 Å². The minimum absolute atomic E-state index is 0.248. The molecule has 1 aliphatic rings. The van der Waals surface area contributed by atoms with Gasteiger partial charge in [0.05, 0.1) is 7.11 Å². The fourth-order valence-corrected chi connectivity index (χ4v) is 2.17. The molecule has 0 aliphatic carbocycles. The molecule has 2 rings (SSSR count). The number of amides is 2. The summed E-state index contributed by atoms with van der Waals surface area (Å²) >= 11 is 0. The molecule has 3 N–H and O–H groups in total. The van der Waals surface area contributed by atoms with Gasteiger partial charge >= 0.3 is 12.0 Å². The summed E-state index contributed by atoms with van der Waals surface area (Å²) in [7, 11) is 1.55. The van der Waals surface area contributed by atoms with Crippen molar-refractivity contribution in [2.24, 2.45) is 0 Å². The fourth-order valence-electron chi connectivity index (χ4n) is 2.17. The summed E-state index contributed by atoms with van der Waals surface area (Å²) in [5.74, 6) is -0.372. The smallest absolute Gasteiger partial charge is 0.329 e. The monoisotopic (exact) mass is 294 g/mol. The second kappa shape index (κ2) is 6.45. The molecule has 1 aromatic rings. The van der Waals surface area contributed by atoms with Gasteiger partial charge in [-0.05, 0) is 24.3 Å². The number of carbonyl (C=O) groups is 2. The number of hydrogen-bond donors (Lipinski definition) is 3. The van der Waals surface area contributed by atoms with Crippen LogP contribution in [0.15, 0.2) is 24.3 Å². The maximum atomic E-state index is 12.0. The van der Waals surface area contributed by atoms with Gasteiger partial charge in [0.25, 0.3) is 0 Å². The highest BCUT2D eigenvalue weighted by Crippen LogP contribution is 2.21. The van der Waals surface area contributed by atoms with E-state index in [2.05, 4.69) is 10.6 Å². The van der Waals surface area contributed by atoms with E-state index in [9.17, 15) is 14.7 Å². The van der Waals surface area contributed by atoms with E-state index in [1.807, 2.05) is 0 Å². The van der Waals surface area contributed by atoms with Gasteiger partial charge in [-0.25, -0.2) is 9.59 Å². The van der Waals surface area contributed by atoms with Crippen molar-refractivity contribution in [3.05, 3.63) is 24.3 Å². The Labute approximate surface area is 122 Å². The van der Waals surface area contributed by atoms with Crippen molar-refractivity contribution in [3.63, 3.8) is 0 Å². The molecule has 0 atom stereocenters. The third-order valence-corrected chi connectivity index (χ3v) is 3.46. The summed E-state index contributed by atoms with van der Waals surface area (Å²) in [6, 6.07) is 6.21. The number of benzene rings is 1. The van der Waals surface area contributed by atoms with E-state index >= 15 is 0 Å². The van der Waals surface area contributed by atoms with E-state index in [-0.39, 0.29) is 12.8 Å². The number of aliphatic carboxylic acids is 1. The maximum absolute atomic E-state index is 12.0. The van der Waals surface area contributed by atoms with Crippen LogP contribution in [0.5, 0.6) is 5.75 Å². The second-order valence-electron chi connectivity index (χ2n) is 4.81. The molecule has 1 aliphatic heterocycles. The Kier molecular flexibility index (Phi) is 4.64. The second-order valence-corrected chi connectivity index (χ2v) is 4.81. The normalized spacial score (nSPS) is 16.8. The quantitative estimate of drug-likeness (QED) is 0.781. The Morgan fingerprint density at radius 2 is 1.86 bits per heavy atom. The van der Waals surface area contributed by atoms with Crippen molar-refractivity contribution in [1.82, 2.24) is 5.32 Å². The molecule has 21 heavy (non-hydrogen) atoms. The van der Waals surface area contributed by atoms with Crippen LogP contribution in [0.4, 0.5) is 10.5 Å². The van der Waals surface area contributed by atoms with Crippen molar-refractivity contribution in [1.29, 1.82) is 0 Å². The summed E-state index contributed by atoms with van der Waals surface area (Å²) < 4.78 is 10.2. The number of rotatable bonds is 4. The van der Waals surface area contributed by atoms with Gasteiger partial charge in [-0.1, -0.05) is 0 Å². The van der Waals surface area contributed by atoms with Crippen LogP contribution >= 0.6 is 0 Å². The van der Waals surface area contributed by atoms with Crippen LogP contribution < -0.4 is 15.4 Å². The molecule has 114 valence electrons. The number of ether oxygens (including phenoxy) is 2. The highest BCUT2D eigenvalue weighted by atomic mass is 16.5. The summed E-state index contributed by atoms with van der Waals surface area (Å²) in [4.78, 5) is 23.4. The van der Waals surface area contributed by atoms with Crippen LogP contribution in [-0.4, -0.2) is 43.0 Å². The molecule has 0 radical (unpaired) electrons. The molecule has 7 heteroatoms. The Bertz CT molecular complexity index is 509. The Morgan fingerprint density at radius 1 is 1.24 bits per heavy atom. The number of urea groups is 1. The van der Waals surface area contributed by atoms with Crippen molar-refractivity contribution >= 4 is 17.7 Å². The van der Waals surface area contributed by atoms with Crippen LogP contribution in [0.2, 0.25) is 0 Å². The summed E-state index contributed by atoms with van der Waals surface area (Å²) in [6.45, 7) is 0.629. The average Bonchev–Trinajstić information content (AvgIpc) is 2.48. The first kappa shape index (κ1) is 15.1. The number of anilines is 1. The SMILES string of the molecule is COc1ccc(NC(=O)NC2(C(=O)O)CCOCC2)cc1. The van der Waals surface area contributed by atoms with Crippen LogP contribution in [0.25, 0.3) is 0 Å². The first-order valence-corrected chi connectivity index (χ1v) is 6.60. The lowest BCUT2D eigenvalue weighted by Gasteiger charge is -2.33. The summed E-state index contributed by atoms with van der Waals surface area (Å²) in [5, 5.41) is 14.5. The average molecular weight is 294 g/mol. The van der Waals surface area contributed by atoms with Gasteiger partial charge in [-0.2, -0.15) is 0 Å². The lowest BCUT2D eigenvalue weighted by molar-refractivity contribution is -0.148. The lowest BCUT2D eigenvalue weighted by Crippen LogP contribution is -2.58. The number of carbonyl (C=O) groups excluding carboxylic acids is 1. The summed E-state index contributed by atoms with van der Waals surface area (Å²) in [5.41, 5.74) is -0.713. The summed E-state index contributed by atoms with van der Waals surface area (Å²) in [6.07, 6.45) is 0.497. The maximum Gasteiger partial charge on any atom is 0.329 e. The van der Waals surface area contributed by atoms with Gasteiger partial charge in [0.2, 0.25) is 0 Å². The number of carboxylic acids is 1. The number of methoxy groups -OCH3 is 1. The Hall–Kier alpha value is -2.28. The van der Waals surface area contributed by atoms with Crippen molar-refractivity contribution < 1.29 is 24.2 Å². The predicted octanol–water partition coefficient (Wildman–Crippen LogP) is 1.45. The zero-order chi connectivity index (χ0) is 15.3. The molecule has 1 aromatic carbocycles. The third-order valence-electron chi connectivity index (χ3n) is 3.46. The van der Waals surface area contributed by atoms with Gasteiger partial charge in [0.1, 0.15) is 11.3 Å². The molecule has 1 saturated heterocycles. The largest absolute Gasteiger partial charge is 0.497 e. The van der Waals surface area contributed by atoms with E-state index in [0.29, 0.717) is 24.7 Å². The number of nitrogens with one attached hydrogen (secondary N) is 2. The molecule has 0 unspecified atom stereocenters. The fraction of sp³-hybridized carbons (Fsp3) is 0.429. The van der Waals surface area contributed by atoms with E-state index in [1.54, 1.807) is 31.4 Å². The molecule has 0 spiro atoms. The minimum atomic E-state index is -1.27. The van der Waals surface area contributed by atoms with Crippen molar-refractivity contribution in [3.8, 4) is 5.75 Å². The van der Waals surface area contributed by atoms with E-state index in [4.69, 9.17) is 9.47 Å². The van der Waals surface area contributed by atoms with Gasteiger partial charge in [0, 0.05) is 31.7 Å². The topological polar surface area (TPSA) is 96.9 Å². The zero-order valence-electron chi connectivity index (χ0n) is 11.7. The molecule has 7 nitrogen and oxygen atoms in total. The molecule has 1 heterocycles. The molecular weight excluding hydrogens is 276 g/mol. The minimum Gasteiger partial charge on any atom is -0.497 e. The highest BCUT2D eigenvalue weighted by molar-refractivity contribution is 5.94. The molecule has 0 bridgehead atoms. The molecular formula is C14H18N2O5. The van der Waals surface area contributed by atoms with Crippen LogP contribution in [0, 0.1) is 0 Å². The zero-order valence-corrected chi connectivity index (χ0v) is 11.7. The number of carboxylic acid groups (broad SMARTS) is 1. The lowest BCUT2D eigenvalue weighted by atomic mass is 9.90. The van der Waals surface area contributed by atoms with Gasteiger partial charge in [-0.3, -0.25) is 0 Å². The predicted molar refractivity (Wildman–Crippen MR) is 75.6 cm³/mol. The van der Waals surface area contributed by atoms with Crippen LogP contribution in [0.1, 0.15) is 12.8 Å². The van der Waals surface area contributed by atoms with Crippen molar-refractivity contribution in [2.75, 3.05) is 25.6 Å². The molecule has 2 amide bonds. The van der Waals surface area contributed by atoms with Crippen molar-refractivity contribution in [2.45, 2.75) is 18.4 Å². The first-order valence-electron chi connectivity index (χ1n) is 6.60. The van der Waals surface area contributed by atoms with Gasteiger partial charge in [-0.15, -0.1) is 0 Å². The standard InChI is InChI=1S/C14H18N2O5/c1-20-11-4-2-10(3-5-11)15-13(19)16-14(12(17)18)6-8-21-9-7-14/h2-5H,6-9H2,1H3,(H,17,18)(H2,15,16,19). The molecule has 1 fully saturated rings. The Balaban J connectivity index is 2.00. The van der Waals surface area contributed by atoms with Gasteiger partial charge < -0.3 is 25.2 Å².